The summed E-state index contributed by atoms with van der Waals surface area (Å²) in [4.78, 5) is 10.2. The van der Waals surface area contributed by atoms with E-state index in [1.165, 1.54) is 28.1 Å². The molecule has 2 fully saturated rings. The molecule has 0 radical (unpaired) electrons. The summed E-state index contributed by atoms with van der Waals surface area (Å²) >= 11 is 12.4. The molecule has 0 spiro atoms. The SMILES string of the molecule is COc1ccc(C2c3cc(OC)c(OC)cc3C(CCN3CCN(c4ccc(Cl)cc4)CC3)C2CN2CCN(c3ccc(Cl)cc3)CC2)cc1OC. The molecule has 0 bridgehead atoms. The maximum absolute atomic E-state index is 6.20. The lowest BCUT2D eigenvalue weighted by molar-refractivity contribution is 0.185. The van der Waals surface area contributed by atoms with Gasteiger partial charge >= 0.3 is 0 Å². The third-order valence-electron chi connectivity index (χ3n) is 11.4. The molecule has 52 heavy (non-hydrogen) atoms. The molecule has 10 heteroatoms. The van der Waals surface area contributed by atoms with Gasteiger partial charge in [-0.3, -0.25) is 9.80 Å². The van der Waals surface area contributed by atoms with Crippen LogP contribution in [-0.2, 0) is 0 Å². The van der Waals surface area contributed by atoms with E-state index in [0.29, 0.717) is 11.8 Å². The van der Waals surface area contributed by atoms with Crippen molar-refractivity contribution in [3.8, 4) is 23.0 Å². The average molecular weight is 746 g/mol. The van der Waals surface area contributed by atoms with E-state index in [1.807, 2.05) is 30.3 Å². The minimum absolute atomic E-state index is 0.149. The van der Waals surface area contributed by atoms with Gasteiger partial charge in [-0.05, 0) is 114 Å². The minimum atomic E-state index is 0.149. The first-order valence-corrected chi connectivity index (χ1v) is 19.1. The van der Waals surface area contributed by atoms with Crippen molar-refractivity contribution in [2.45, 2.75) is 18.3 Å². The highest BCUT2D eigenvalue weighted by Gasteiger charge is 2.43. The Morgan fingerprint density at radius 3 is 1.54 bits per heavy atom. The summed E-state index contributed by atoms with van der Waals surface area (Å²) in [5.74, 6) is 3.85. The summed E-state index contributed by atoms with van der Waals surface area (Å²) in [7, 11) is 6.86. The van der Waals surface area contributed by atoms with E-state index in [-0.39, 0.29) is 5.92 Å². The summed E-state index contributed by atoms with van der Waals surface area (Å²) in [5, 5.41) is 1.55. The first kappa shape index (κ1) is 36.5. The largest absolute Gasteiger partial charge is 0.493 e. The Morgan fingerprint density at radius 1 is 0.538 bits per heavy atom. The quantitative estimate of drug-likeness (QED) is 0.145. The molecular weight excluding hydrogens is 695 g/mol. The number of benzene rings is 4. The van der Waals surface area contributed by atoms with E-state index < -0.39 is 0 Å². The number of hydrogen-bond acceptors (Lipinski definition) is 8. The lowest BCUT2D eigenvalue weighted by Gasteiger charge is -2.40. The van der Waals surface area contributed by atoms with Crippen LogP contribution in [0.1, 0.15) is 34.9 Å². The van der Waals surface area contributed by atoms with Crippen LogP contribution < -0.4 is 28.7 Å². The zero-order valence-corrected chi connectivity index (χ0v) is 32.2. The van der Waals surface area contributed by atoms with E-state index in [9.17, 15) is 0 Å². The van der Waals surface area contributed by atoms with Crippen molar-refractivity contribution in [3.63, 3.8) is 0 Å². The second-order valence-electron chi connectivity index (χ2n) is 14.1. The number of rotatable bonds is 12. The van der Waals surface area contributed by atoms with E-state index in [2.05, 4.69) is 68.1 Å². The molecule has 0 aromatic heterocycles. The molecular formula is C42H50Cl2N4O4. The van der Waals surface area contributed by atoms with Gasteiger partial charge in [0.05, 0.1) is 28.4 Å². The summed E-state index contributed by atoms with van der Waals surface area (Å²) in [5.41, 5.74) is 6.38. The van der Waals surface area contributed by atoms with Gasteiger partial charge in [-0.1, -0.05) is 29.3 Å². The van der Waals surface area contributed by atoms with Gasteiger partial charge in [-0.2, -0.15) is 0 Å². The van der Waals surface area contributed by atoms with Crippen molar-refractivity contribution in [3.05, 3.63) is 106 Å². The molecule has 3 unspecified atom stereocenters. The van der Waals surface area contributed by atoms with E-state index in [0.717, 1.165) is 105 Å². The zero-order chi connectivity index (χ0) is 36.2. The van der Waals surface area contributed by atoms with Crippen LogP contribution in [0.5, 0.6) is 23.0 Å². The van der Waals surface area contributed by atoms with Gasteiger partial charge in [0.1, 0.15) is 0 Å². The number of nitrogens with zero attached hydrogens (tertiary/aromatic N) is 4. The van der Waals surface area contributed by atoms with Crippen molar-refractivity contribution in [1.29, 1.82) is 0 Å². The number of ether oxygens (including phenoxy) is 4. The maximum atomic E-state index is 6.20. The summed E-state index contributed by atoms with van der Waals surface area (Å²) in [6.45, 7) is 10.1. The Hall–Kier alpha value is -3.82. The number of hydrogen-bond donors (Lipinski definition) is 0. The number of fused-ring (bicyclic) bond motifs is 1. The van der Waals surface area contributed by atoms with Crippen LogP contribution in [0.3, 0.4) is 0 Å². The number of piperazine rings is 2. The Balaban J connectivity index is 1.17. The second-order valence-corrected chi connectivity index (χ2v) is 14.9. The standard InChI is InChI=1S/C42H50Cl2N4O4/c1-49-38-14-5-29(25-39(38)50-2)42-36-27-41(52-4)40(51-3)26-35(36)34(15-16-45-17-21-47(22-18-45)32-10-6-30(43)7-11-32)37(42)28-46-19-23-48(24-20-46)33-12-8-31(44)9-13-33/h5-14,25-27,34,37,42H,15-24,28H2,1-4H3. The fourth-order valence-corrected chi connectivity index (χ4v) is 8.86. The molecule has 0 N–H and O–H groups in total. The lowest BCUT2D eigenvalue weighted by Crippen LogP contribution is -2.49. The number of halogens is 2. The van der Waals surface area contributed by atoms with Gasteiger partial charge in [0, 0.05) is 86.2 Å². The molecule has 2 aliphatic heterocycles. The topological polar surface area (TPSA) is 49.9 Å². The fourth-order valence-electron chi connectivity index (χ4n) is 8.61. The van der Waals surface area contributed by atoms with Crippen LogP contribution in [0.15, 0.2) is 78.9 Å². The molecule has 3 atom stereocenters. The number of anilines is 2. The van der Waals surface area contributed by atoms with Gasteiger partial charge in [0.25, 0.3) is 0 Å². The highest BCUT2D eigenvalue weighted by Crippen LogP contribution is 2.55. The third kappa shape index (κ3) is 7.76. The van der Waals surface area contributed by atoms with E-state index in [4.69, 9.17) is 42.1 Å². The van der Waals surface area contributed by atoms with Crippen LogP contribution in [0.25, 0.3) is 0 Å². The van der Waals surface area contributed by atoms with E-state index in [1.54, 1.807) is 28.4 Å². The molecule has 0 saturated carbocycles. The van der Waals surface area contributed by atoms with E-state index >= 15 is 0 Å². The van der Waals surface area contributed by atoms with Crippen LogP contribution in [0.4, 0.5) is 11.4 Å². The maximum Gasteiger partial charge on any atom is 0.161 e. The predicted octanol–water partition coefficient (Wildman–Crippen LogP) is 7.91. The first-order chi connectivity index (χ1) is 25.4. The Kier molecular flexibility index (Phi) is 11.6. The van der Waals surface area contributed by atoms with Gasteiger partial charge in [-0.15, -0.1) is 0 Å². The Morgan fingerprint density at radius 2 is 1.02 bits per heavy atom. The summed E-state index contributed by atoms with van der Waals surface area (Å²) in [6, 6.07) is 27.4. The summed E-state index contributed by atoms with van der Waals surface area (Å²) in [6.07, 6.45) is 1.06. The van der Waals surface area contributed by atoms with Gasteiger partial charge < -0.3 is 28.7 Å². The minimum Gasteiger partial charge on any atom is -0.493 e. The van der Waals surface area contributed by atoms with Crippen molar-refractivity contribution in [1.82, 2.24) is 9.80 Å². The molecule has 2 saturated heterocycles. The zero-order valence-electron chi connectivity index (χ0n) is 30.7. The van der Waals surface area contributed by atoms with Crippen molar-refractivity contribution in [2.75, 3.05) is 104 Å². The molecule has 7 rings (SSSR count). The molecule has 1 aliphatic carbocycles. The summed E-state index contributed by atoms with van der Waals surface area (Å²) < 4.78 is 23.3. The molecule has 3 aliphatic rings. The predicted molar refractivity (Wildman–Crippen MR) is 212 cm³/mol. The fraction of sp³-hybridized carbons (Fsp3) is 0.429. The van der Waals surface area contributed by atoms with Crippen molar-refractivity contribution in [2.24, 2.45) is 5.92 Å². The highest BCUT2D eigenvalue weighted by atomic mass is 35.5. The van der Waals surface area contributed by atoms with Crippen LogP contribution in [0.2, 0.25) is 10.0 Å². The van der Waals surface area contributed by atoms with Crippen molar-refractivity contribution >= 4 is 34.6 Å². The molecule has 4 aromatic rings. The first-order valence-electron chi connectivity index (χ1n) is 18.3. The Bertz CT molecular complexity index is 1790. The molecule has 2 heterocycles. The highest BCUT2D eigenvalue weighted by molar-refractivity contribution is 6.30. The van der Waals surface area contributed by atoms with Crippen LogP contribution in [0, 0.1) is 5.92 Å². The van der Waals surface area contributed by atoms with Crippen LogP contribution >= 0.6 is 23.2 Å². The van der Waals surface area contributed by atoms with Gasteiger partial charge in [-0.25, -0.2) is 0 Å². The smallest absolute Gasteiger partial charge is 0.161 e. The van der Waals surface area contributed by atoms with Crippen molar-refractivity contribution < 1.29 is 18.9 Å². The second kappa shape index (κ2) is 16.5. The normalized spacial score (nSPS) is 20.8. The average Bonchev–Trinajstić information content (AvgIpc) is 3.48. The third-order valence-corrected chi connectivity index (χ3v) is 11.9. The molecule has 4 aromatic carbocycles. The van der Waals surface area contributed by atoms with Gasteiger partial charge in [0.2, 0.25) is 0 Å². The lowest BCUT2D eigenvalue weighted by atomic mass is 9.80. The molecule has 276 valence electrons. The molecule has 8 nitrogen and oxygen atoms in total. The Labute approximate surface area is 318 Å². The monoisotopic (exact) mass is 744 g/mol. The van der Waals surface area contributed by atoms with Crippen LogP contribution in [-0.4, -0.2) is 104 Å². The van der Waals surface area contributed by atoms with Gasteiger partial charge in [0.15, 0.2) is 23.0 Å². The molecule has 0 amide bonds. The number of methoxy groups -OCH3 is 4.